The van der Waals surface area contributed by atoms with E-state index in [1.54, 1.807) is 10.7 Å². The van der Waals surface area contributed by atoms with Crippen LogP contribution in [0.15, 0.2) is 33.8 Å². The number of aromatic nitrogens is 3. The van der Waals surface area contributed by atoms with Gasteiger partial charge in [0.05, 0.1) is 16.8 Å². The van der Waals surface area contributed by atoms with Crippen LogP contribution in [0.1, 0.15) is 53.9 Å². The number of nitrogens with zero attached hydrogens (tertiary/aromatic N) is 5. The van der Waals surface area contributed by atoms with Gasteiger partial charge in [-0.2, -0.15) is 23.3 Å². The molecule has 1 saturated carbocycles. The molecule has 0 atom stereocenters. The number of aryl methyl sites for hydroxylation is 1. The van der Waals surface area contributed by atoms with E-state index in [1.165, 1.54) is 0 Å². The molecule has 1 amide bonds. The maximum atomic E-state index is 12.7. The Morgan fingerprint density at radius 1 is 1.21 bits per heavy atom. The molecule has 11 heteroatoms. The molecule has 3 heterocycles. The van der Waals surface area contributed by atoms with Crippen LogP contribution in [0.5, 0.6) is 6.08 Å². The van der Waals surface area contributed by atoms with Gasteiger partial charge in [0, 0.05) is 50.8 Å². The molecule has 3 aromatic rings. The summed E-state index contributed by atoms with van der Waals surface area (Å²) in [6.07, 6.45) is 5.59. The summed E-state index contributed by atoms with van der Waals surface area (Å²) in [4.78, 5) is 23.5. The third-order valence-corrected chi connectivity index (χ3v) is 7.48. The summed E-state index contributed by atoms with van der Waals surface area (Å²) in [5.41, 5.74) is 2.07. The first kappa shape index (κ1) is 26.4. The first-order chi connectivity index (χ1) is 18.2. The number of oxazole rings is 1. The predicted octanol–water partition coefficient (Wildman–Crippen LogP) is 5.01. The number of aliphatic imine (C=N–C) groups is 1. The minimum absolute atomic E-state index is 0.222. The largest absolute Gasteiger partial charge is 0.441 e. The second-order valence-electron chi connectivity index (χ2n) is 10.3. The molecule has 2 aromatic heterocycles. The summed E-state index contributed by atoms with van der Waals surface area (Å²) < 4.78 is 48.9. The Kier molecular flexibility index (Phi) is 7.83. The molecule has 5 rings (SSSR count). The molecule has 1 aromatic carbocycles. The van der Waals surface area contributed by atoms with Crippen molar-refractivity contribution in [2.24, 2.45) is 23.9 Å². The number of rotatable bonds is 7. The monoisotopic (exact) mass is 531 g/mol. The highest BCUT2D eigenvalue weighted by atomic mass is 19.4. The highest BCUT2D eigenvalue weighted by molar-refractivity contribution is 6.08. The van der Waals surface area contributed by atoms with E-state index in [4.69, 9.17) is 4.42 Å². The van der Waals surface area contributed by atoms with Crippen molar-refractivity contribution in [1.82, 2.24) is 19.7 Å². The Hall–Kier alpha value is -3.21. The number of carbonyl (C=O) groups is 1. The molecule has 0 spiro atoms. The smallest absolute Gasteiger partial charge is 0.422 e. The van der Waals surface area contributed by atoms with Gasteiger partial charge in [-0.05, 0) is 62.6 Å². The van der Waals surface area contributed by atoms with Crippen LogP contribution < -0.4 is 4.74 Å². The zero-order valence-electron chi connectivity index (χ0n) is 21.4. The SMILES string of the molecule is Cn1cc2c(C(=O)N=CC3CCC(CCN4CCc5nc(OCC(F)(F)F)oc5CC4)CC3)cccc2n1. The van der Waals surface area contributed by atoms with Gasteiger partial charge in [0.1, 0.15) is 5.76 Å². The van der Waals surface area contributed by atoms with Crippen molar-refractivity contribution >= 4 is 23.0 Å². The van der Waals surface area contributed by atoms with E-state index < -0.39 is 12.8 Å². The standard InChI is InChI=1S/C27H32F3N5O3/c1-34-16-21-20(3-2-4-22(21)33-34)25(36)31-15-19-7-5-18(6-8-19)9-12-35-13-10-23-24(11-14-35)38-26(32-23)37-17-27(28,29)30/h2-4,15-16,18-19H,5-14,17H2,1H3. The quantitative estimate of drug-likeness (QED) is 0.399. The average molecular weight is 532 g/mol. The van der Waals surface area contributed by atoms with Crippen molar-refractivity contribution in [2.45, 2.75) is 51.1 Å². The minimum Gasteiger partial charge on any atom is -0.441 e. The molecule has 0 saturated heterocycles. The maximum absolute atomic E-state index is 12.7. The van der Waals surface area contributed by atoms with Crippen LogP contribution in [0.4, 0.5) is 13.2 Å². The van der Waals surface area contributed by atoms with E-state index in [0.717, 1.165) is 62.6 Å². The molecule has 0 radical (unpaired) electrons. The lowest BCUT2D eigenvalue weighted by atomic mass is 9.81. The fourth-order valence-electron chi connectivity index (χ4n) is 5.40. The second-order valence-corrected chi connectivity index (χ2v) is 10.3. The highest BCUT2D eigenvalue weighted by Gasteiger charge is 2.30. The normalized spacial score (nSPS) is 21.1. The van der Waals surface area contributed by atoms with Crippen molar-refractivity contribution in [3.63, 3.8) is 0 Å². The van der Waals surface area contributed by atoms with Crippen molar-refractivity contribution < 1.29 is 27.1 Å². The number of benzene rings is 1. The number of carbonyl (C=O) groups excluding carboxylic acids is 1. The fraction of sp³-hybridized carbons (Fsp3) is 0.556. The zero-order chi connectivity index (χ0) is 26.7. The van der Waals surface area contributed by atoms with Crippen molar-refractivity contribution in [3.05, 3.63) is 41.4 Å². The van der Waals surface area contributed by atoms with Crippen LogP contribution in [0, 0.1) is 11.8 Å². The predicted molar refractivity (Wildman–Crippen MR) is 136 cm³/mol. The first-order valence-corrected chi connectivity index (χ1v) is 13.1. The maximum Gasteiger partial charge on any atom is 0.422 e. The van der Waals surface area contributed by atoms with Crippen LogP contribution in [-0.4, -0.2) is 64.2 Å². The van der Waals surface area contributed by atoms with Gasteiger partial charge in [-0.15, -0.1) is 0 Å². The van der Waals surface area contributed by atoms with Gasteiger partial charge in [0.15, 0.2) is 6.61 Å². The molecule has 204 valence electrons. The molecular weight excluding hydrogens is 499 g/mol. The molecular formula is C27H32F3N5O3. The van der Waals surface area contributed by atoms with Gasteiger partial charge in [-0.25, -0.2) is 4.99 Å². The summed E-state index contributed by atoms with van der Waals surface area (Å²) in [7, 11) is 1.84. The fourth-order valence-corrected chi connectivity index (χ4v) is 5.40. The lowest BCUT2D eigenvalue weighted by molar-refractivity contribution is -0.157. The number of halogens is 3. The van der Waals surface area contributed by atoms with E-state index >= 15 is 0 Å². The first-order valence-electron chi connectivity index (χ1n) is 13.1. The van der Waals surface area contributed by atoms with Gasteiger partial charge < -0.3 is 14.1 Å². The van der Waals surface area contributed by atoms with E-state index in [2.05, 4.69) is 24.7 Å². The van der Waals surface area contributed by atoms with Crippen molar-refractivity contribution in [3.8, 4) is 6.08 Å². The molecule has 0 unspecified atom stereocenters. The van der Waals surface area contributed by atoms with Crippen LogP contribution in [0.2, 0.25) is 0 Å². The molecule has 0 N–H and O–H groups in total. The summed E-state index contributed by atoms with van der Waals surface area (Å²) in [6.45, 7) is 1.16. The topological polar surface area (TPSA) is 85.8 Å². The van der Waals surface area contributed by atoms with Gasteiger partial charge in [-0.1, -0.05) is 6.07 Å². The Labute approximate surface area is 218 Å². The van der Waals surface area contributed by atoms with Crippen LogP contribution in [-0.2, 0) is 19.9 Å². The van der Waals surface area contributed by atoms with Gasteiger partial charge >= 0.3 is 12.3 Å². The molecule has 1 aliphatic carbocycles. The Morgan fingerprint density at radius 2 is 2.00 bits per heavy atom. The average Bonchev–Trinajstić information content (AvgIpc) is 3.42. The summed E-state index contributed by atoms with van der Waals surface area (Å²) in [5.74, 6) is 1.36. The Balaban J connectivity index is 1.04. The van der Waals surface area contributed by atoms with Crippen LogP contribution in [0.3, 0.4) is 0 Å². The lowest BCUT2D eigenvalue weighted by Gasteiger charge is -2.28. The Bertz CT molecular complexity index is 1270. The van der Waals surface area contributed by atoms with E-state index in [0.29, 0.717) is 41.7 Å². The summed E-state index contributed by atoms with van der Waals surface area (Å²) >= 11 is 0. The lowest BCUT2D eigenvalue weighted by Crippen LogP contribution is -2.29. The highest BCUT2D eigenvalue weighted by Crippen LogP contribution is 2.31. The van der Waals surface area contributed by atoms with E-state index in [1.807, 2.05) is 31.6 Å². The second kappa shape index (κ2) is 11.3. The summed E-state index contributed by atoms with van der Waals surface area (Å²) in [6, 6.07) is 5.52. The molecule has 2 aliphatic rings. The summed E-state index contributed by atoms with van der Waals surface area (Å²) in [5, 5.41) is 5.18. The van der Waals surface area contributed by atoms with E-state index in [9.17, 15) is 18.0 Å². The van der Waals surface area contributed by atoms with Gasteiger partial charge in [0.25, 0.3) is 5.91 Å². The number of alkyl halides is 3. The van der Waals surface area contributed by atoms with Crippen LogP contribution in [0.25, 0.3) is 10.9 Å². The number of hydrogen-bond donors (Lipinski definition) is 0. The van der Waals surface area contributed by atoms with Crippen molar-refractivity contribution in [2.75, 3.05) is 26.2 Å². The molecule has 0 bridgehead atoms. The third kappa shape index (κ3) is 6.61. The number of ether oxygens (including phenoxy) is 1. The number of fused-ring (bicyclic) bond motifs is 2. The van der Waals surface area contributed by atoms with E-state index in [-0.39, 0.29) is 12.0 Å². The zero-order valence-corrected chi connectivity index (χ0v) is 21.4. The molecule has 38 heavy (non-hydrogen) atoms. The molecule has 1 fully saturated rings. The van der Waals surface area contributed by atoms with Gasteiger partial charge in [-0.3, -0.25) is 9.48 Å². The third-order valence-electron chi connectivity index (χ3n) is 7.48. The van der Waals surface area contributed by atoms with Crippen molar-refractivity contribution in [1.29, 1.82) is 0 Å². The molecule has 8 nitrogen and oxygen atoms in total. The van der Waals surface area contributed by atoms with Crippen LogP contribution >= 0.6 is 0 Å². The van der Waals surface area contributed by atoms with Gasteiger partial charge in [0.2, 0.25) is 0 Å². The minimum atomic E-state index is -4.42. The number of amides is 1. The molecule has 1 aliphatic heterocycles. The number of hydrogen-bond acceptors (Lipinski definition) is 6. The Morgan fingerprint density at radius 3 is 2.79 bits per heavy atom.